The van der Waals surface area contributed by atoms with Gasteiger partial charge < -0.3 is 14.8 Å². The van der Waals surface area contributed by atoms with Crippen molar-refractivity contribution in [2.75, 3.05) is 19.5 Å². The van der Waals surface area contributed by atoms with Crippen molar-refractivity contribution in [3.05, 3.63) is 83.1 Å². The number of nitrogens with zero attached hydrogens (tertiary/aromatic N) is 2. The second kappa shape index (κ2) is 11.1. The van der Waals surface area contributed by atoms with Gasteiger partial charge in [-0.1, -0.05) is 48.9 Å². The van der Waals surface area contributed by atoms with Crippen molar-refractivity contribution in [3.63, 3.8) is 0 Å². The number of para-hydroxylation sites is 2. The average Bonchev–Trinajstić information content (AvgIpc) is 3.24. The van der Waals surface area contributed by atoms with Gasteiger partial charge in [-0.25, -0.2) is 9.13 Å². The summed E-state index contributed by atoms with van der Waals surface area (Å²) in [6.07, 6.45) is 2.92. The number of rotatable bonds is 9. The van der Waals surface area contributed by atoms with Crippen LogP contribution in [-0.2, 0) is 6.54 Å². The molecule has 0 fully saturated rings. The number of hydrogen-bond acceptors (Lipinski definition) is 4. The maximum absolute atomic E-state index is 14.1. The number of carbonyl (C=O) groups excluding carboxylic acids is 1. The smallest absolute Gasteiger partial charge is 0.245 e. The van der Waals surface area contributed by atoms with Crippen LogP contribution in [0.15, 0.2) is 67.0 Å². The van der Waals surface area contributed by atoms with Gasteiger partial charge in [0.25, 0.3) is 0 Å². The lowest BCUT2D eigenvalue weighted by Gasteiger charge is -2.19. The molecule has 0 amide bonds. The number of aryl methyl sites for hydroxylation is 1. The fourth-order valence-electron chi connectivity index (χ4n) is 4.29. The summed E-state index contributed by atoms with van der Waals surface area (Å²) in [5.74, 6) is 0.857. The van der Waals surface area contributed by atoms with Crippen LogP contribution in [0.3, 0.4) is 0 Å². The van der Waals surface area contributed by atoms with Gasteiger partial charge in [0.05, 0.1) is 20.8 Å². The third-order valence-electron chi connectivity index (χ3n) is 6.17. The molecule has 0 radical (unpaired) electrons. The zero-order valence-electron chi connectivity index (χ0n) is 20.7. The number of hydrogen-bond donors (Lipinski definition) is 1. The number of fused-ring (bicyclic) bond motifs is 1. The van der Waals surface area contributed by atoms with Gasteiger partial charge in [0, 0.05) is 16.3 Å². The molecular weight excluding hydrogens is 494 g/mol. The van der Waals surface area contributed by atoms with E-state index in [1.165, 1.54) is 0 Å². The average molecular weight is 523 g/mol. The van der Waals surface area contributed by atoms with Gasteiger partial charge >= 0.3 is 0 Å². The highest BCUT2D eigenvalue weighted by molar-refractivity contribution is 7.80. The number of nitrogens with one attached hydrogen (secondary N) is 1. The second-order valence-electron chi connectivity index (χ2n) is 8.44. The molecule has 4 rings (SSSR count). The number of thiocarbonyl (C=S) groups is 1. The van der Waals surface area contributed by atoms with E-state index in [2.05, 4.69) is 22.9 Å². The quantitative estimate of drug-likeness (QED) is 0.161. The molecular formula is C28H29ClN3O3S+. The lowest BCUT2D eigenvalue weighted by atomic mass is 10.0. The third kappa shape index (κ3) is 4.94. The molecule has 4 aromatic rings. The van der Waals surface area contributed by atoms with Gasteiger partial charge in [0.2, 0.25) is 18.2 Å². The maximum atomic E-state index is 14.1. The Morgan fingerprint density at radius 1 is 1.08 bits per heavy atom. The zero-order valence-corrected chi connectivity index (χ0v) is 22.3. The Hall–Kier alpha value is -3.42. The van der Waals surface area contributed by atoms with Gasteiger partial charge in [0.15, 0.2) is 22.5 Å². The molecule has 36 heavy (non-hydrogen) atoms. The van der Waals surface area contributed by atoms with Crippen LogP contribution in [-0.4, -0.2) is 29.6 Å². The predicted molar refractivity (Wildman–Crippen MR) is 148 cm³/mol. The normalized spacial score (nSPS) is 11.8. The summed E-state index contributed by atoms with van der Waals surface area (Å²) < 4.78 is 14.9. The Balaban J connectivity index is 1.85. The summed E-state index contributed by atoms with van der Waals surface area (Å²) in [6.45, 7) is 4.86. The number of aromatic nitrogens is 2. The molecule has 0 aliphatic rings. The highest BCUT2D eigenvalue weighted by atomic mass is 35.5. The van der Waals surface area contributed by atoms with Crippen molar-refractivity contribution in [1.29, 1.82) is 0 Å². The molecule has 1 N–H and O–H groups in total. The van der Waals surface area contributed by atoms with Crippen molar-refractivity contribution in [3.8, 4) is 11.5 Å². The minimum atomic E-state index is -0.806. The van der Waals surface area contributed by atoms with Crippen LogP contribution >= 0.6 is 23.8 Å². The van der Waals surface area contributed by atoms with Crippen LogP contribution in [0.25, 0.3) is 11.0 Å². The van der Waals surface area contributed by atoms with E-state index in [0.29, 0.717) is 27.1 Å². The van der Waals surface area contributed by atoms with E-state index in [1.807, 2.05) is 54.2 Å². The van der Waals surface area contributed by atoms with E-state index in [4.69, 9.17) is 33.3 Å². The zero-order chi connectivity index (χ0) is 25.8. The minimum Gasteiger partial charge on any atom is -0.493 e. The molecule has 0 saturated carbocycles. The lowest BCUT2D eigenvalue weighted by molar-refractivity contribution is -0.672. The van der Waals surface area contributed by atoms with Gasteiger partial charge in [-0.2, -0.15) is 0 Å². The van der Waals surface area contributed by atoms with Crippen molar-refractivity contribution in [1.82, 2.24) is 4.57 Å². The molecule has 1 atom stereocenters. The van der Waals surface area contributed by atoms with Crippen molar-refractivity contribution in [2.45, 2.75) is 32.9 Å². The van der Waals surface area contributed by atoms with Crippen LogP contribution in [0.5, 0.6) is 11.5 Å². The minimum absolute atomic E-state index is 0.169. The van der Waals surface area contributed by atoms with Gasteiger partial charge in [-0.05, 0) is 61.4 Å². The molecule has 0 bridgehead atoms. The number of methoxy groups -OCH3 is 2. The number of imidazole rings is 1. The van der Waals surface area contributed by atoms with Crippen LogP contribution < -0.4 is 19.4 Å². The van der Waals surface area contributed by atoms with Crippen molar-refractivity contribution >= 4 is 51.3 Å². The van der Waals surface area contributed by atoms with E-state index < -0.39 is 6.04 Å². The number of ketones is 1. The van der Waals surface area contributed by atoms with Crippen molar-refractivity contribution < 1.29 is 18.8 Å². The predicted octanol–water partition coefficient (Wildman–Crippen LogP) is 6.18. The van der Waals surface area contributed by atoms with E-state index in [9.17, 15) is 4.79 Å². The van der Waals surface area contributed by atoms with E-state index in [-0.39, 0.29) is 5.78 Å². The van der Waals surface area contributed by atoms with E-state index >= 15 is 0 Å². The summed E-state index contributed by atoms with van der Waals surface area (Å²) in [5.41, 5.74) is 4.03. The van der Waals surface area contributed by atoms with Crippen LogP contribution in [0.2, 0.25) is 5.02 Å². The Morgan fingerprint density at radius 2 is 1.83 bits per heavy atom. The third-order valence-corrected chi connectivity index (χ3v) is 6.90. The Kier molecular flexibility index (Phi) is 7.91. The van der Waals surface area contributed by atoms with Gasteiger partial charge in [-0.3, -0.25) is 4.79 Å². The molecule has 1 heterocycles. The highest BCUT2D eigenvalue weighted by Crippen LogP contribution is 2.31. The summed E-state index contributed by atoms with van der Waals surface area (Å²) in [6, 6.07) is 17.9. The summed E-state index contributed by atoms with van der Waals surface area (Å²) in [4.78, 5) is 14.5. The monoisotopic (exact) mass is 522 g/mol. The summed E-state index contributed by atoms with van der Waals surface area (Å²) >= 11 is 12.3. The Bertz CT molecular complexity index is 1430. The topological polar surface area (TPSA) is 56.4 Å². The molecule has 8 heteroatoms. The first-order valence-electron chi connectivity index (χ1n) is 11.7. The first-order valence-corrected chi connectivity index (χ1v) is 12.5. The second-order valence-corrected chi connectivity index (χ2v) is 9.29. The largest absolute Gasteiger partial charge is 0.493 e. The van der Waals surface area contributed by atoms with Crippen LogP contribution in [0, 0.1) is 6.92 Å². The number of anilines is 1. The first-order chi connectivity index (χ1) is 17.4. The Morgan fingerprint density at radius 3 is 2.56 bits per heavy atom. The molecule has 0 saturated heterocycles. The number of carbonyl (C=O) groups is 1. The fourth-order valence-corrected chi connectivity index (χ4v) is 4.79. The molecule has 0 aliphatic carbocycles. The number of Topliss-reactive ketones (excluding diaryl/α,β-unsaturated/α-hetero) is 1. The molecule has 1 aromatic heterocycles. The summed E-state index contributed by atoms with van der Waals surface area (Å²) in [5, 5.41) is 3.92. The molecule has 6 nitrogen and oxygen atoms in total. The van der Waals surface area contributed by atoms with Crippen LogP contribution in [0.4, 0.5) is 5.69 Å². The lowest BCUT2D eigenvalue weighted by Crippen LogP contribution is -2.35. The van der Waals surface area contributed by atoms with E-state index in [1.54, 1.807) is 32.4 Å². The highest BCUT2D eigenvalue weighted by Gasteiger charge is 2.34. The maximum Gasteiger partial charge on any atom is 0.245 e. The SMILES string of the molecule is CCC[n+]1cn(C(C(=O)c2ccc(OC)c(OC)c2)C(=S)Nc2cccc(Cl)c2C)c2ccccc21. The number of halogens is 1. The fraction of sp³-hybridized carbons (Fsp3) is 0.250. The standard InChI is InChI=1S/C28H28ClN3O3S/c1-5-15-31-17-32(23-12-7-6-11-22(23)31)26(28(36)30-21-10-8-9-20(29)18(21)2)27(33)19-13-14-24(34-3)25(16-19)35-4/h6-14,16-17,26H,5,15H2,1-4H3/p+1. The first kappa shape index (κ1) is 25.7. The summed E-state index contributed by atoms with van der Waals surface area (Å²) in [7, 11) is 3.11. The Labute approximate surface area is 221 Å². The van der Waals surface area contributed by atoms with E-state index in [0.717, 1.165) is 35.2 Å². The molecule has 0 spiro atoms. The van der Waals surface area contributed by atoms with Gasteiger partial charge in [0.1, 0.15) is 4.99 Å². The van der Waals surface area contributed by atoms with Crippen LogP contribution in [0.1, 0.15) is 35.3 Å². The molecule has 3 aromatic carbocycles. The molecule has 186 valence electrons. The molecule has 0 aliphatic heterocycles. The number of benzene rings is 3. The molecule has 1 unspecified atom stereocenters. The number of ether oxygens (including phenoxy) is 2. The van der Waals surface area contributed by atoms with Crippen molar-refractivity contribution in [2.24, 2.45) is 0 Å². The van der Waals surface area contributed by atoms with Gasteiger partial charge in [-0.15, -0.1) is 0 Å².